The monoisotopic (exact) mass is 198 g/mol. The zero-order chi connectivity index (χ0) is 9.90. The standard InChI is InChI=1S/C7H9F3O3/c8-7(9,10)6(11)13-4-5-2-1-3-12-5/h5H,1-4H2. The van der Waals surface area contributed by atoms with E-state index < -0.39 is 12.1 Å². The minimum Gasteiger partial charge on any atom is -0.456 e. The summed E-state index contributed by atoms with van der Waals surface area (Å²) in [6.07, 6.45) is -3.83. The maximum absolute atomic E-state index is 11.6. The van der Waals surface area contributed by atoms with Crippen LogP contribution in [0.4, 0.5) is 13.2 Å². The molecule has 0 saturated carbocycles. The van der Waals surface area contributed by atoms with Gasteiger partial charge in [-0.05, 0) is 12.8 Å². The highest BCUT2D eigenvalue weighted by Crippen LogP contribution is 2.18. The summed E-state index contributed by atoms with van der Waals surface area (Å²) >= 11 is 0. The van der Waals surface area contributed by atoms with Crippen LogP contribution in [0.1, 0.15) is 12.8 Å². The number of carbonyl (C=O) groups excluding carboxylic acids is 1. The molecule has 1 fully saturated rings. The van der Waals surface area contributed by atoms with E-state index in [4.69, 9.17) is 4.74 Å². The molecular formula is C7H9F3O3. The molecule has 76 valence electrons. The highest BCUT2D eigenvalue weighted by atomic mass is 19.4. The second-order valence-corrected chi connectivity index (χ2v) is 2.73. The van der Waals surface area contributed by atoms with E-state index in [9.17, 15) is 18.0 Å². The van der Waals surface area contributed by atoms with Gasteiger partial charge in [0.15, 0.2) is 0 Å². The van der Waals surface area contributed by atoms with Gasteiger partial charge in [0.05, 0.1) is 6.10 Å². The quantitative estimate of drug-likeness (QED) is 0.627. The lowest BCUT2D eigenvalue weighted by Gasteiger charge is -2.11. The lowest BCUT2D eigenvalue weighted by atomic mass is 10.2. The molecule has 0 N–H and O–H groups in total. The summed E-state index contributed by atoms with van der Waals surface area (Å²) in [7, 11) is 0. The minimum absolute atomic E-state index is 0.307. The Morgan fingerprint density at radius 3 is 2.69 bits per heavy atom. The topological polar surface area (TPSA) is 35.5 Å². The smallest absolute Gasteiger partial charge is 0.456 e. The minimum atomic E-state index is -4.90. The van der Waals surface area contributed by atoms with Crippen LogP contribution in [0.2, 0.25) is 0 Å². The van der Waals surface area contributed by atoms with Crippen molar-refractivity contribution in [3.8, 4) is 0 Å². The third-order valence-electron chi connectivity index (χ3n) is 1.66. The fourth-order valence-corrected chi connectivity index (χ4v) is 1.03. The van der Waals surface area contributed by atoms with Crippen LogP contribution in [0.5, 0.6) is 0 Å². The molecule has 1 unspecified atom stereocenters. The zero-order valence-corrected chi connectivity index (χ0v) is 6.76. The first-order chi connectivity index (χ1) is 6.00. The van der Waals surface area contributed by atoms with Gasteiger partial charge in [-0.2, -0.15) is 13.2 Å². The van der Waals surface area contributed by atoms with Gasteiger partial charge in [0.1, 0.15) is 6.61 Å². The number of rotatable bonds is 2. The van der Waals surface area contributed by atoms with E-state index in [0.29, 0.717) is 13.0 Å². The van der Waals surface area contributed by atoms with Crippen molar-refractivity contribution in [2.75, 3.05) is 13.2 Å². The maximum Gasteiger partial charge on any atom is 0.490 e. The second kappa shape index (κ2) is 3.95. The lowest BCUT2D eigenvalue weighted by molar-refractivity contribution is -0.202. The molecule has 1 aliphatic heterocycles. The number of ether oxygens (including phenoxy) is 2. The van der Waals surface area contributed by atoms with Gasteiger partial charge in [-0.15, -0.1) is 0 Å². The molecule has 1 heterocycles. The molecule has 6 heteroatoms. The van der Waals surface area contributed by atoms with Crippen molar-refractivity contribution >= 4 is 5.97 Å². The molecule has 0 amide bonds. The van der Waals surface area contributed by atoms with E-state index in [1.165, 1.54) is 0 Å². The number of alkyl halides is 3. The molecule has 1 saturated heterocycles. The van der Waals surface area contributed by atoms with Gasteiger partial charge in [0, 0.05) is 6.61 Å². The highest BCUT2D eigenvalue weighted by Gasteiger charge is 2.41. The largest absolute Gasteiger partial charge is 0.490 e. The third-order valence-corrected chi connectivity index (χ3v) is 1.66. The van der Waals surface area contributed by atoms with E-state index in [2.05, 4.69) is 4.74 Å². The van der Waals surface area contributed by atoms with Gasteiger partial charge in [-0.25, -0.2) is 4.79 Å². The summed E-state index contributed by atoms with van der Waals surface area (Å²) in [5, 5.41) is 0. The van der Waals surface area contributed by atoms with Gasteiger partial charge in [0.25, 0.3) is 0 Å². The Hall–Kier alpha value is -0.780. The van der Waals surface area contributed by atoms with Gasteiger partial charge in [0.2, 0.25) is 0 Å². The van der Waals surface area contributed by atoms with E-state index in [0.717, 1.165) is 6.42 Å². The Kier molecular flexibility index (Phi) is 3.13. The molecule has 13 heavy (non-hydrogen) atoms. The number of esters is 1. The maximum atomic E-state index is 11.6. The second-order valence-electron chi connectivity index (χ2n) is 2.73. The summed E-state index contributed by atoms with van der Waals surface area (Å²) in [6.45, 7) is 0.215. The van der Waals surface area contributed by atoms with Crippen molar-refractivity contribution < 1.29 is 27.4 Å². The summed E-state index contributed by atoms with van der Waals surface area (Å²) < 4.78 is 43.8. The normalized spacial score (nSPS) is 23.2. The Labute approximate surface area is 72.8 Å². The molecule has 0 bridgehead atoms. The number of hydrogen-bond acceptors (Lipinski definition) is 3. The van der Waals surface area contributed by atoms with Crippen molar-refractivity contribution in [1.29, 1.82) is 0 Å². The van der Waals surface area contributed by atoms with Gasteiger partial charge in [-0.3, -0.25) is 0 Å². The van der Waals surface area contributed by atoms with Crippen molar-refractivity contribution in [2.45, 2.75) is 25.1 Å². The van der Waals surface area contributed by atoms with E-state index in [1.807, 2.05) is 0 Å². The molecule has 0 aromatic rings. The van der Waals surface area contributed by atoms with Crippen LogP contribution in [0.15, 0.2) is 0 Å². The summed E-state index contributed by atoms with van der Waals surface area (Å²) in [6, 6.07) is 0. The molecular weight excluding hydrogens is 189 g/mol. The summed E-state index contributed by atoms with van der Waals surface area (Å²) in [5.74, 6) is -2.15. The van der Waals surface area contributed by atoms with Gasteiger partial charge < -0.3 is 9.47 Å². The molecule has 0 radical (unpaired) electrons. The third kappa shape index (κ3) is 3.22. The Morgan fingerprint density at radius 1 is 1.54 bits per heavy atom. The Morgan fingerprint density at radius 2 is 2.23 bits per heavy atom. The Bertz CT molecular complexity index is 184. The molecule has 1 aliphatic rings. The summed E-state index contributed by atoms with van der Waals surface area (Å²) in [5.41, 5.74) is 0. The van der Waals surface area contributed by atoms with Crippen molar-refractivity contribution in [3.63, 3.8) is 0 Å². The van der Waals surface area contributed by atoms with Crippen molar-refractivity contribution in [3.05, 3.63) is 0 Å². The van der Waals surface area contributed by atoms with E-state index >= 15 is 0 Å². The molecule has 1 rings (SSSR count). The predicted octanol–water partition coefficient (Wildman–Crippen LogP) is 1.27. The van der Waals surface area contributed by atoms with E-state index in [1.54, 1.807) is 0 Å². The summed E-state index contributed by atoms with van der Waals surface area (Å²) in [4.78, 5) is 10.2. The van der Waals surface area contributed by atoms with Crippen LogP contribution in [-0.2, 0) is 14.3 Å². The average molecular weight is 198 g/mol. The van der Waals surface area contributed by atoms with Crippen molar-refractivity contribution in [2.24, 2.45) is 0 Å². The van der Waals surface area contributed by atoms with Crippen LogP contribution in [0.3, 0.4) is 0 Å². The first kappa shape index (κ1) is 10.3. The van der Waals surface area contributed by atoms with Crippen LogP contribution in [0.25, 0.3) is 0 Å². The SMILES string of the molecule is O=C(OCC1CCCO1)C(F)(F)F. The Balaban J connectivity index is 2.22. The molecule has 0 aromatic carbocycles. The average Bonchev–Trinajstić information content (AvgIpc) is 2.50. The fraction of sp³-hybridized carbons (Fsp3) is 0.857. The van der Waals surface area contributed by atoms with Crippen LogP contribution < -0.4 is 0 Å². The van der Waals surface area contributed by atoms with Crippen LogP contribution >= 0.6 is 0 Å². The van der Waals surface area contributed by atoms with Crippen molar-refractivity contribution in [1.82, 2.24) is 0 Å². The van der Waals surface area contributed by atoms with Gasteiger partial charge in [-0.1, -0.05) is 0 Å². The first-order valence-electron chi connectivity index (χ1n) is 3.85. The molecule has 3 nitrogen and oxygen atoms in total. The fourth-order valence-electron chi connectivity index (χ4n) is 1.03. The van der Waals surface area contributed by atoms with Crippen LogP contribution in [-0.4, -0.2) is 31.5 Å². The zero-order valence-electron chi connectivity index (χ0n) is 6.76. The van der Waals surface area contributed by atoms with E-state index in [-0.39, 0.29) is 12.7 Å². The number of carbonyl (C=O) groups is 1. The highest BCUT2D eigenvalue weighted by molar-refractivity contribution is 5.75. The molecule has 1 atom stereocenters. The predicted molar refractivity (Wildman–Crippen MR) is 36.0 cm³/mol. The molecule has 0 spiro atoms. The molecule has 0 aliphatic carbocycles. The first-order valence-corrected chi connectivity index (χ1v) is 3.85. The number of hydrogen-bond donors (Lipinski definition) is 0. The number of halogens is 3. The van der Waals surface area contributed by atoms with Gasteiger partial charge >= 0.3 is 12.1 Å². The lowest BCUT2D eigenvalue weighted by Crippen LogP contribution is -2.28. The molecule has 0 aromatic heterocycles. The van der Waals surface area contributed by atoms with Crippen LogP contribution in [0, 0.1) is 0 Å².